The van der Waals surface area contributed by atoms with Crippen molar-refractivity contribution in [2.45, 2.75) is 59.1 Å². The van der Waals surface area contributed by atoms with Gasteiger partial charge in [0.15, 0.2) is 0 Å². The Morgan fingerprint density at radius 3 is 2.21 bits per heavy atom. The zero-order valence-electron chi connectivity index (χ0n) is 12.8. The Balaban J connectivity index is 4.54. The van der Waals surface area contributed by atoms with Crippen molar-refractivity contribution in [1.29, 1.82) is 0 Å². The molecule has 0 aromatic heterocycles. The number of alkyl carbamates (subject to hydrolysis) is 1. The molecule has 0 aromatic rings. The van der Waals surface area contributed by atoms with Crippen LogP contribution in [0.5, 0.6) is 0 Å². The molecule has 0 rings (SSSR count). The van der Waals surface area contributed by atoms with Crippen molar-refractivity contribution >= 4 is 6.09 Å². The van der Waals surface area contributed by atoms with Crippen LogP contribution in [-0.4, -0.2) is 41.2 Å². The number of hydrogen-bond donors (Lipinski definition) is 3. The maximum atomic E-state index is 11.7. The van der Waals surface area contributed by atoms with Gasteiger partial charge in [-0.05, 0) is 45.4 Å². The fraction of sp³-hybridized carbons (Fsp3) is 0.929. The number of amides is 1. The van der Waals surface area contributed by atoms with E-state index >= 15 is 0 Å². The number of carbonyl (C=O) groups is 1. The predicted molar refractivity (Wildman–Crippen MR) is 74.9 cm³/mol. The van der Waals surface area contributed by atoms with E-state index in [4.69, 9.17) is 9.84 Å². The maximum absolute atomic E-state index is 11.7. The Hall–Kier alpha value is -0.810. The van der Waals surface area contributed by atoms with Gasteiger partial charge in [-0.3, -0.25) is 0 Å². The van der Waals surface area contributed by atoms with Gasteiger partial charge < -0.3 is 20.3 Å². The van der Waals surface area contributed by atoms with Crippen molar-refractivity contribution in [3.05, 3.63) is 0 Å². The number of nitrogens with one attached hydrogen (secondary N) is 1. The average Bonchev–Trinajstić information content (AvgIpc) is 2.22. The van der Waals surface area contributed by atoms with Crippen molar-refractivity contribution < 1.29 is 19.7 Å². The van der Waals surface area contributed by atoms with E-state index in [9.17, 15) is 9.90 Å². The summed E-state index contributed by atoms with van der Waals surface area (Å²) in [6.07, 6.45) is 0.860. The lowest BCUT2D eigenvalue weighted by molar-refractivity contribution is 0.0435. The second-order valence-corrected chi connectivity index (χ2v) is 6.34. The molecular weight excluding hydrogens is 246 g/mol. The SMILES string of the molecule is CC(C)C[C@H](CCO)[C@H](CO)NC(=O)OC(C)(C)C. The quantitative estimate of drug-likeness (QED) is 0.663. The number of ether oxygens (including phenoxy) is 1. The van der Waals surface area contributed by atoms with Gasteiger partial charge in [0.2, 0.25) is 0 Å². The van der Waals surface area contributed by atoms with E-state index in [-0.39, 0.29) is 25.2 Å². The largest absolute Gasteiger partial charge is 0.444 e. The molecule has 0 saturated carbocycles. The van der Waals surface area contributed by atoms with Crippen LogP contribution in [0.3, 0.4) is 0 Å². The normalized spacial score (nSPS) is 15.2. The van der Waals surface area contributed by atoms with Crippen LogP contribution in [0.2, 0.25) is 0 Å². The van der Waals surface area contributed by atoms with E-state index in [1.54, 1.807) is 20.8 Å². The molecule has 0 radical (unpaired) electrons. The molecular formula is C14H29NO4. The van der Waals surface area contributed by atoms with E-state index in [0.29, 0.717) is 12.3 Å². The molecule has 0 aliphatic heterocycles. The molecule has 2 atom stereocenters. The lowest BCUT2D eigenvalue weighted by Gasteiger charge is -2.29. The van der Waals surface area contributed by atoms with Gasteiger partial charge in [0.25, 0.3) is 0 Å². The van der Waals surface area contributed by atoms with Gasteiger partial charge in [-0.15, -0.1) is 0 Å². The zero-order chi connectivity index (χ0) is 15.1. The van der Waals surface area contributed by atoms with E-state index in [2.05, 4.69) is 19.2 Å². The van der Waals surface area contributed by atoms with Gasteiger partial charge in [-0.2, -0.15) is 0 Å². The minimum atomic E-state index is -0.561. The van der Waals surface area contributed by atoms with E-state index in [1.807, 2.05) is 0 Å². The molecule has 0 bridgehead atoms. The summed E-state index contributed by atoms with van der Waals surface area (Å²) in [5, 5.41) is 21.2. The van der Waals surface area contributed by atoms with Gasteiger partial charge in [-0.25, -0.2) is 4.79 Å². The third-order valence-electron chi connectivity index (χ3n) is 2.74. The summed E-state index contributed by atoms with van der Waals surface area (Å²) in [6.45, 7) is 9.42. The summed E-state index contributed by atoms with van der Waals surface area (Å²) in [4.78, 5) is 11.7. The van der Waals surface area contributed by atoms with Crippen LogP contribution in [0, 0.1) is 11.8 Å². The number of rotatable bonds is 7. The highest BCUT2D eigenvalue weighted by atomic mass is 16.6. The first kappa shape index (κ1) is 18.2. The minimum Gasteiger partial charge on any atom is -0.444 e. The minimum absolute atomic E-state index is 0.0440. The van der Waals surface area contributed by atoms with Gasteiger partial charge in [0.1, 0.15) is 5.60 Å². The maximum Gasteiger partial charge on any atom is 0.407 e. The first-order valence-corrected chi connectivity index (χ1v) is 6.90. The molecule has 0 aromatic carbocycles. The molecule has 5 heteroatoms. The van der Waals surface area contributed by atoms with Crippen LogP contribution >= 0.6 is 0 Å². The van der Waals surface area contributed by atoms with Crippen molar-refractivity contribution in [3.63, 3.8) is 0 Å². The average molecular weight is 275 g/mol. The lowest BCUT2D eigenvalue weighted by atomic mass is 9.88. The summed E-state index contributed by atoms with van der Waals surface area (Å²) < 4.78 is 5.18. The van der Waals surface area contributed by atoms with Gasteiger partial charge >= 0.3 is 6.09 Å². The van der Waals surface area contributed by atoms with Crippen molar-refractivity contribution in [2.24, 2.45) is 11.8 Å². The fourth-order valence-electron chi connectivity index (χ4n) is 2.03. The third kappa shape index (κ3) is 8.83. The molecule has 3 N–H and O–H groups in total. The van der Waals surface area contributed by atoms with E-state index < -0.39 is 11.7 Å². The summed E-state index contributed by atoms with van der Waals surface area (Å²) >= 11 is 0. The molecule has 0 aliphatic carbocycles. The van der Waals surface area contributed by atoms with Crippen molar-refractivity contribution in [3.8, 4) is 0 Å². The van der Waals surface area contributed by atoms with Crippen molar-refractivity contribution in [1.82, 2.24) is 5.32 Å². The Labute approximate surface area is 116 Å². The highest BCUT2D eigenvalue weighted by Gasteiger charge is 2.25. The van der Waals surface area contributed by atoms with Crippen LogP contribution in [0.25, 0.3) is 0 Å². The van der Waals surface area contributed by atoms with Gasteiger partial charge in [0, 0.05) is 6.61 Å². The number of aliphatic hydroxyl groups is 2. The van der Waals surface area contributed by atoms with Crippen LogP contribution < -0.4 is 5.32 Å². The molecule has 5 nitrogen and oxygen atoms in total. The van der Waals surface area contributed by atoms with Crippen LogP contribution in [0.1, 0.15) is 47.5 Å². The summed E-state index contributed by atoms with van der Waals surface area (Å²) in [6, 6.07) is -0.385. The summed E-state index contributed by atoms with van der Waals surface area (Å²) in [5.41, 5.74) is -0.561. The number of hydrogen-bond acceptors (Lipinski definition) is 4. The van der Waals surface area contributed by atoms with Crippen molar-refractivity contribution in [2.75, 3.05) is 13.2 Å². The van der Waals surface area contributed by atoms with Crippen LogP contribution in [0.15, 0.2) is 0 Å². The molecule has 0 unspecified atom stereocenters. The molecule has 0 fully saturated rings. The highest BCUT2D eigenvalue weighted by molar-refractivity contribution is 5.68. The van der Waals surface area contributed by atoms with Crippen LogP contribution in [0.4, 0.5) is 4.79 Å². The first-order chi connectivity index (χ1) is 8.69. The second-order valence-electron chi connectivity index (χ2n) is 6.34. The Bertz CT molecular complexity index is 261. The lowest BCUT2D eigenvalue weighted by Crippen LogP contribution is -2.45. The molecule has 0 spiro atoms. The molecule has 19 heavy (non-hydrogen) atoms. The Kier molecular flexibility index (Phi) is 8.02. The Morgan fingerprint density at radius 2 is 1.84 bits per heavy atom. The summed E-state index contributed by atoms with van der Waals surface area (Å²) in [7, 11) is 0. The topological polar surface area (TPSA) is 78.8 Å². The van der Waals surface area contributed by atoms with Crippen LogP contribution in [-0.2, 0) is 4.74 Å². The van der Waals surface area contributed by atoms with Gasteiger partial charge in [-0.1, -0.05) is 13.8 Å². The zero-order valence-corrected chi connectivity index (χ0v) is 12.8. The molecule has 0 saturated heterocycles. The molecule has 1 amide bonds. The monoisotopic (exact) mass is 275 g/mol. The predicted octanol–water partition coefficient (Wildman–Crippen LogP) is 1.92. The number of carbonyl (C=O) groups excluding carboxylic acids is 1. The van der Waals surface area contributed by atoms with Gasteiger partial charge in [0.05, 0.1) is 12.6 Å². The standard InChI is InChI=1S/C14H29NO4/c1-10(2)8-11(6-7-16)12(9-17)15-13(18)19-14(3,4)5/h10-12,16-17H,6-9H2,1-5H3,(H,15,18)/t11-,12-/m0/s1. The van der Waals surface area contributed by atoms with E-state index in [1.165, 1.54) is 0 Å². The third-order valence-corrected chi connectivity index (χ3v) is 2.74. The Morgan fingerprint density at radius 1 is 1.26 bits per heavy atom. The molecule has 0 heterocycles. The molecule has 0 aliphatic rings. The molecule has 114 valence electrons. The smallest absolute Gasteiger partial charge is 0.407 e. The fourth-order valence-corrected chi connectivity index (χ4v) is 2.03. The second kappa shape index (κ2) is 8.38. The summed E-state index contributed by atoms with van der Waals surface area (Å²) in [5.74, 6) is 0.480. The highest BCUT2D eigenvalue weighted by Crippen LogP contribution is 2.19. The first-order valence-electron chi connectivity index (χ1n) is 6.90. The van der Waals surface area contributed by atoms with E-state index in [0.717, 1.165) is 6.42 Å². The number of aliphatic hydroxyl groups excluding tert-OH is 2.